The van der Waals surface area contributed by atoms with Crippen LogP contribution in [0.25, 0.3) is 0 Å². The normalized spacial score (nSPS) is 10.1. The number of benzene rings is 2. The van der Waals surface area contributed by atoms with E-state index in [-0.39, 0.29) is 23.1 Å². The third kappa shape index (κ3) is 5.88. The molecular weight excluding hydrogens is 405 g/mol. The van der Waals surface area contributed by atoms with Crippen molar-refractivity contribution in [3.63, 3.8) is 0 Å². The largest absolute Gasteiger partial charge is 0.630 e. The van der Waals surface area contributed by atoms with Gasteiger partial charge >= 0.3 is 0 Å². The Morgan fingerprint density at radius 2 is 1.86 bits per heavy atom. The Labute approximate surface area is 170 Å². The van der Waals surface area contributed by atoms with Gasteiger partial charge in [-0.05, 0) is 41.4 Å². The van der Waals surface area contributed by atoms with Crippen molar-refractivity contribution in [3.8, 4) is 0 Å². The van der Waals surface area contributed by atoms with E-state index in [4.69, 9.17) is 23.2 Å². The zero-order valence-corrected chi connectivity index (χ0v) is 16.0. The summed E-state index contributed by atoms with van der Waals surface area (Å²) in [6, 6.07) is 14.0. The van der Waals surface area contributed by atoms with E-state index < -0.39 is 0 Å². The van der Waals surface area contributed by atoms with Crippen LogP contribution in [0.4, 0.5) is 22.9 Å². The summed E-state index contributed by atoms with van der Waals surface area (Å²) in [6.45, 7) is 0. The third-order valence-corrected chi connectivity index (χ3v) is 4.03. The number of aromatic nitrogens is 2. The SMILES string of the molecule is O.O=C(Cc1cccc([NH2+][O-])c1)Nc1cccc(Nc2nc(Cl)ncc2Cl)c1. The summed E-state index contributed by atoms with van der Waals surface area (Å²) < 4.78 is 0. The minimum Gasteiger partial charge on any atom is -0.630 e. The van der Waals surface area contributed by atoms with Crippen LogP contribution in [0.5, 0.6) is 0 Å². The van der Waals surface area contributed by atoms with Gasteiger partial charge in [-0.3, -0.25) is 4.79 Å². The van der Waals surface area contributed by atoms with E-state index in [1.165, 1.54) is 6.20 Å². The topological polar surface area (TPSA) is 138 Å². The Morgan fingerprint density at radius 1 is 1.11 bits per heavy atom. The van der Waals surface area contributed by atoms with Crippen LogP contribution in [0.3, 0.4) is 0 Å². The average molecular weight is 422 g/mol. The third-order valence-electron chi connectivity index (χ3n) is 3.58. The predicted molar refractivity (Wildman–Crippen MR) is 109 cm³/mol. The molecule has 0 atom stereocenters. The summed E-state index contributed by atoms with van der Waals surface area (Å²) in [6.07, 6.45) is 1.56. The summed E-state index contributed by atoms with van der Waals surface area (Å²) in [5, 5.41) is 17.1. The minimum absolute atomic E-state index is 0. The van der Waals surface area contributed by atoms with Crippen LogP contribution in [-0.2, 0) is 11.2 Å². The second-order valence-corrected chi connectivity index (χ2v) is 6.37. The number of nitrogens with zero attached hydrogens (tertiary/aromatic N) is 2. The Balaban J connectivity index is 0.00000280. The van der Waals surface area contributed by atoms with E-state index in [1.807, 2.05) is 0 Å². The van der Waals surface area contributed by atoms with Crippen molar-refractivity contribution in [2.75, 3.05) is 10.6 Å². The predicted octanol–water partition coefficient (Wildman–Crippen LogP) is 2.58. The molecule has 0 fully saturated rings. The lowest BCUT2D eigenvalue weighted by molar-refractivity contribution is -0.497. The molecule has 1 amide bonds. The number of hydrogen-bond acceptors (Lipinski definition) is 5. The van der Waals surface area contributed by atoms with Crippen LogP contribution in [0.2, 0.25) is 10.3 Å². The molecule has 0 bridgehead atoms. The van der Waals surface area contributed by atoms with E-state index in [0.29, 0.717) is 27.9 Å². The molecule has 146 valence electrons. The van der Waals surface area contributed by atoms with E-state index in [1.54, 1.807) is 48.5 Å². The van der Waals surface area contributed by atoms with Gasteiger partial charge in [-0.25, -0.2) is 4.98 Å². The summed E-state index contributed by atoms with van der Waals surface area (Å²) in [7, 11) is 0. The molecule has 1 heterocycles. The molecule has 0 aliphatic carbocycles. The van der Waals surface area contributed by atoms with Gasteiger partial charge in [0.05, 0.1) is 12.6 Å². The highest BCUT2D eigenvalue weighted by molar-refractivity contribution is 6.33. The first-order valence-electron chi connectivity index (χ1n) is 7.92. The van der Waals surface area contributed by atoms with Crippen LogP contribution >= 0.6 is 23.2 Å². The fourth-order valence-electron chi connectivity index (χ4n) is 2.41. The van der Waals surface area contributed by atoms with Crippen molar-refractivity contribution in [3.05, 3.63) is 75.8 Å². The van der Waals surface area contributed by atoms with E-state index in [9.17, 15) is 10.0 Å². The fourth-order valence-corrected chi connectivity index (χ4v) is 2.68. The van der Waals surface area contributed by atoms with Crippen molar-refractivity contribution >= 4 is 52.0 Å². The van der Waals surface area contributed by atoms with Crippen molar-refractivity contribution in [2.24, 2.45) is 0 Å². The zero-order chi connectivity index (χ0) is 19.2. The van der Waals surface area contributed by atoms with E-state index >= 15 is 0 Å². The number of carbonyl (C=O) groups is 1. The first-order chi connectivity index (χ1) is 13.0. The molecule has 0 spiro atoms. The monoisotopic (exact) mass is 421 g/mol. The van der Waals surface area contributed by atoms with Gasteiger partial charge in [-0.2, -0.15) is 4.98 Å². The number of nitrogens with two attached hydrogens (primary N) is 1. The first-order valence-corrected chi connectivity index (χ1v) is 8.68. The Morgan fingerprint density at radius 3 is 2.64 bits per heavy atom. The lowest BCUT2D eigenvalue weighted by Crippen LogP contribution is -2.70. The molecule has 28 heavy (non-hydrogen) atoms. The highest BCUT2D eigenvalue weighted by Gasteiger charge is 2.08. The molecule has 3 aromatic rings. The van der Waals surface area contributed by atoms with E-state index in [2.05, 4.69) is 20.6 Å². The second kappa shape index (κ2) is 9.98. The van der Waals surface area contributed by atoms with Crippen molar-refractivity contribution in [1.29, 1.82) is 0 Å². The van der Waals surface area contributed by atoms with E-state index in [0.717, 1.165) is 11.0 Å². The van der Waals surface area contributed by atoms with Gasteiger partial charge in [0.15, 0.2) is 5.82 Å². The molecule has 0 radical (unpaired) electrons. The maximum Gasteiger partial charge on any atom is 0.228 e. The number of hydrogen-bond donors (Lipinski definition) is 3. The van der Waals surface area contributed by atoms with Gasteiger partial charge in [-0.15, -0.1) is 0 Å². The molecular formula is C18H17Cl2N5O3. The molecule has 0 saturated carbocycles. The summed E-state index contributed by atoms with van der Waals surface area (Å²) in [4.78, 5) is 20.1. The molecule has 0 saturated heterocycles. The number of quaternary nitrogens is 1. The lowest BCUT2D eigenvalue weighted by atomic mass is 10.1. The van der Waals surface area contributed by atoms with Crippen molar-refractivity contribution < 1.29 is 15.8 Å². The minimum atomic E-state index is -0.196. The number of halogens is 2. The average Bonchev–Trinajstić information content (AvgIpc) is 2.65. The summed E-state index contributed by atoms with van der Waals surface area (Å²) in [5.41, 5.74) is 3.32. The number of amides is 1. The number of carbonyl (C=O) groups excluding carboxylic acids is 1. The van der Waals surface area contributed by atoms with Gasteiger partial charge in [0.1, 0.15) is 10.7 Å². The zero-order valence-electron chi connectivity index (χ0n) is 14.4. The second-order valence-electron chi connectivity index (χ2n) is 5.63. The van der Waals surface area contributed by atoms with Crippen LogP contribution < -0.4 is 16.1 Å². The molecule has 0 aliphatic rings. The first kappa shape index (κ1) is 21.5. The molecule has 0 aliphatic heterocycles. The maximum absolute atomic E-state index is 12.3. The molecule has 0 unspecified atom stereocenters. The van der Waals surface area contributed by atoms with Crippen LogP contribution in [0, 0.1) is 5.21 Å². The highest BCUT2D eigenvalue weighted by Crippen LogP contribution is 2.25. The standard InChI is InChI=1S/C18H15Cl2N5O2.H2O/c19-15-10-21-18(20)24-17(15)23-13-5-2-4-12(9-13)22-16(26)8-11-3-1-6-14(7-11)25-27;/h1-7,9-10H,8,25H2,(H,22,26)(H,21,23,24);1H2. The Bertz CT molecular complexity index is 971. The quantitative estimate of drug-likeness (QED) is 0.318. The number of anilines is 3. The Kier molecular flexibility index (Phi) is 7.68. The van der Waals surface area contributed by atoms with Gasteiger partial charge in [-0.1, -0.05) is 29.8 Å². The molecule has 3 rings (SSSR count). The van der Waals surface area contributed by atoms with Crippen LogP contribution in [-0.4, -0.2) is 21.4 Å². The summed E-state index contributed by atoms with van der Waals surface area (Å²) in [5.74, 6) is 0.170. The van der Waals surface area contributed by atoms with Gasteiger partial charge in [0, 0.05) is 17.4 Å². The van der Waals surface area contributed by atoms with Gasteiger partial charge in [0.25, 0.3) is 0 Å². The molecule has 1 aromatic heterocycles. The number of nitrogens with one attached hydrogen (secondary N) is 2. The molecule has 2 aromatic carbocycles. The summed E-state index contributed by atoms with van der Waals surface area (Å²) >= 11 is 11.8. The highest BCUT2D eigenvalue weighted by atomic mass is 35.5. The Hall–Kier alpha value is -2.75. The van der Waals surface area contributed by atoms with Crippen molar-refractivity contribution in [1.82, 2.24) is 9.97 Å². The lowest BCUT2D eigenvalue weighted by Gasteiger charge is -2.10. The van der Waals surface area contributed by atoms with Gasteiger partial charge < -0.3 is 26.8 Å². The molecule has 8 nitrogen and oxygen atoms in total. The fraction of sp³-hybridized carbons (Fsp3) is 0.0556. The molecule has 10 heteroatoms. The maximum atomic E-state index is 12.3. The number of rotatable bonds is 6. The van der Waals surface area contributed by atoms with Crippen LogP contribution in [0.1, 0.15) is 5.56 Å². The van der Waals surface area contributed by atoms with Crippen molar-refractivity contribution in [2.45, 2.75) is 6.42 Å². The van der Waals surface area contributed by atoms with Crippen LogP contribution in [0.15, 0.2) is 54.7 Å². The van der Waals surface area contributed by atoms with Gasteiger partial charge in [0.2, 0.25) is 11.2 Å². The molecule has 6 N–H and O–H groups in total. The smallest absolute Gasteiger partial charge is 0.228 e.